The molecule has 1 aromatic carbocycles. The van der Waals surface area contributed by atoms with Gasteiger partial charge in [-0.2, -0.15) is 5.10 Å². The molecule has 2 aromatic rings. The molecule has 2 N–H and O–H groups in total. The van der Waals surface area contributed by atoms with Crippen molar-refractivity contribution in [3.8, 4) is 5.69 Å². The number of aliphatic hydroxyl groups is 1. The molecule has 0 bridgehead atoms. The molecule has 0 fully saturated rings. The van der Waals surface area contributed by atoms with Crippen LogP contribution in [0.1, 0.15) is 30.6 Å². The summed E-state index contributed by atoms with van der Waals surface area (Å²) in [6, 6.07) is 7.16. The minimum atomic E-state index is -0.348. The van der Waals surface area contributed by atoms with Gasteiger partial charge in [0, 0.05) is 12.1 Å². The summed E-state index contributed by atoms with van der Waals surface area (Å²) in [6.45, 7) is 4.30. The minimum Gasteiger partial charge on any atom is -0.393 e. The summed E-state index contributed by atoms with van der Waals surface area (Å²) in [5.74, 6) is 0.126. The summed E-state index contributed by atoms with van der Waals surface area (Å²) < 4.78 is 1.63. The standard InChI is InChI=1S/C15H20N4O2/c1-11(7-12(2)20)8-17-15(21)13-3-5-14(6-4-13)19-10-16-9-18-19/h3-6,9-12,20H,7-8H2,1-2H3,(H,17,21). The predicted octanol–water partition coefficient (Wildman–Crippen LogP) is 1.40. The molecule has 2 atom stereocenters. The third-order valence-corrected chi connectivity index (χ3v) is 3.17. The van der Waals surface area contributed by atoms with Gasteiger partial charge in [-0.05, 0) is 43.5 Å². The van der Waals surface area contributed by atoms with Crippen molar-refractivity contribution in [2.75, 3.05) is 6.54 Å². The van der Waals surface area contributed by atoms with E-state index in [0.717, 1.165) is 5.69 Å². The van der Waals surface area contributed by atoms with Gasteiger partial charge in [0.05, 0.1) is 11.8 Å². The van der Waals surface area contributed by atoms with Crippen molar-refractivity contribution in [1.29, 1.82) is 0 Å². The van der Waals surface area contributed by atoms with E-state index >= 15 is 0 Å². The number of rotatable bonds is 6. The highest BCUT2D eigenvalue weighted by Crippen LogP contribution is 2.09. The Labute approximate surface area is 123 Å². The fraction of sp³-hybridized carbons (Fsp3) is 0.400. The summed E-state index contributed by atoms with van der Waals surface area (Å²) in [5, 5.41) is 16.2. The highest BCUT2D eigenvalue weighted by atomic mass is 16.3. The highest BCUT2D eigenvalue weighted by Gasteiger charge is 2.10. The number of amides is 1. The molecule has 6 nitrogen and oxygen atoms in total. The van der Waals surface area contributed by atoms with Crippen LogP contribution < -0.4 is 5.32 Å². The van der Waals surface area contributed by atoms with E-state index in [1.807, 2.05) is 19.1 Å². The van der Waals surface area contributed by atoms with E-state index in [1.165, 1.54) is 6.33 Å². The lowest BCUT2D eigenvalue weighted by molar-refractivity contribution is 0.0939. The van der Waals surface area contributed by atoms with Crippen LogP contribution in [0.25, 0.3) is 5.69 Å². The summed E-state index contributed by atoms with van der Waals surface area (Å²) in [7, 11) is 0. The molecule has 1 aromatic heterocycles. The number of aliphatic hydroxyl groups excluding tert-OH is 1. The zero-order valence-corrected chi connectivity index (χ0v) is 12.2. The lowest BCUT2D eigenvalue weighted by Crippen LogP contribution is -2.29. The molecule has 21 heavy (non-hydrogen) atoms. The largest absolute Gasteiger partial charge is 0.393 e. The predicted molar refractivity (Wildman–Crippen MR) is 79.2 cm³/mol. The average Bonchev–Trinajstić information content (AvgIpc) is 2.98. The quantitative estimate of drug-likeness (QED) is 0.842. The molecule has 0 aliphatic rings. The third kappa shape index (κ3) is 4.39. The summed E-state index contributed by atoms with van der Waals surface area (Å²) >= 11 is 0. The number of carbonyl (C=O) groups excluding carboxylic acids is 1. The highest BCUT2D eigenvalue weighted by molar-refractivity contribution is 5.94. The van der Waals surface area contributed by atoms with Crippen LogP contribution in [0.5, 0.6) is 0 Å². The van der Waals surface area contributed by atoms with Crippen LogP contribution in [0.2, 0.25) is 0 Å². The zero-order chi connectivity index (χ0) is 15.2. The molecular formula is C15H20N4O2. The van der Waals surface area contributed by atoms with Gasteiger partial charge in [0.25, 0.3) is 5.91 Å². The first kappa shape index (κ1) is 15.2. The molecule has 2 rings (SSSR count). The maximum Gasteiger partial charge on any atom is 0.251 e. The fourth-order valence-corrected chi connectivity index (χ4v) is 2.14. The SMILES string of the molecule is CC(O)CC(C)CNC(=O)c1ccc(-n2cncn2)cc1. The van der Waals surface area contributed by atoms with E-state index in [-0.39, 0.29) is 17.9 Å². The third-order valence-electron chi connectivity index (χ3n) is 3.17. The number of hydrogen-bond donors (Lipinski definition) is 2. The van der Waals surface area contributed by atoms with E-state index in [2.05, 4.69) is 15.4 Å². The normalized spacial score (nSPS) is 13.7. The Morgan fingerprint density at radius 2 is 2.05 bits per heavy atom. The molecule has 0 aliphatic carbocycles. The van der Waals surface area contributed by atoms with Gasteiger partial charge < -0.3 is 10.4 Å². The summed E-state index contributed by atoms with van der Waals surface area (Å²) in [5.41, 5.74) is 1.45. The van der Waals surface area contributed by atoms with E-state index in [4.69, 9.17) is 0 Å². The second-order valence-electron chi connectivity index (χ2n) is 5.29. The lowest BCUT2D eigenvalue weighted by Gasteiger charge is -2.14. The Morgan fingerprint density at radius 3 is 2.62 bits per heavy atom. The minimum absolute atomic E-state index is 0.113. The second-order valence-corrected chi connectivity index (χ2v) is 5.29. The van der Waals surface area contributed by atoms with E-state index in [0.29, 0.717) is 18.5 Å². The topological polar surface area (TPSA) is 80.0 Å². The average molecular weight is 288 g/mol. The maximum atomic E-state index is 12.0. The van der Waals surface area contributed by atoms with Gasteiger partial charge in [0.15, 0.2) is 0 Å². The van der Waals surface area contributed by atoms with Gasteiger partial charge >= 0.3 is 0 Å². The molecule has 1 heterocycles. The molecule has 1 amide bonds. The van der Waals surface area contributed by atoms with Crippen molar-refractivity contribution in [1.82, 2.24) is 20.1 Å². The van der Waals surface area contributed by atoms with Gasteiger partial charge in [0.2, 0.25) is 0 Å². The molecule has 0 spiro atoms. The van der Waals surface area contributed by atoms with Crippen LogP contribution in [0.15, 0.2) is 36.9 Å². The maximum absolute atomic E-state index is 12.0. The molecule has 112 valence electrons. The molecular weight excluding hydrogens is 268 g/mol. The van der Waals surface area contributed by atoms with E-state index < -0.39 is 0 Å². The first-order chi connectivity index (χ1) is 10.1. The molecule has 2 unspecified atom stereocenters. The van der Waals surface area contributed by atoms with Gasteiger partial charge in [-0.3, -0.25) is 4.79 Å². The smallest absolute Gasteiger partial charge is 0.251 e. The second kappa shape index (κ2) is 6.99. The van der Waals surface area contributed by atoms with Gasteiger partial charge in [-0.15, -0.1) is 0 Å². The molecule has 0 radical (unpaired) electrons. The van der Waals surface area contributed by atoms with E-state index in [9.17, 15) is 9.90 Å². The van der Waals surface area contributed by atoms with Crippen molar-refractivity contribution in [3.63, 3.8) is 0 Å². The van der Waals surface area contributed by atoms with Crippen molar-refractivity contribution >= 4 is 5.91 Å². The number of nitrogens with one attached hydrogen (secondary N) is 1. The Kier molecular flexibility index (Phi) is 5.05. The molecule has 6 heteroatoms. The Morgan fingerprint density at radius 1 is 1.33 bits per heavy atom. The summed E-state index contributed by atoms with van der Waals surface area (Å²) in [6.07, 6.45) is 3.39. The lowest BCUT2D eigenvalue weighted by atomic mass is 10.0. The summed E-state index contributed by atoms with van der Waals surface area (Å²) in [4.78, 5) is 15.9. The van der Waals surface area contributed by atoms with Gasteiger partial charge in [-0.25, -0.2) is 9.67 Å². The number of nitrogens with zero attached hydrogens (tertiary/aromatic N) is 3. The van der Waals surface area contributed by atoms with Crippen LogP contribution in [0.3, 0.4) is 0 Å². The van der Waals surface area contributed by atoms with Crippen LogP contribution in [0.4, 0.5) is 0 Å². The zero-order valence-electron chi connectivity index (χ0n) is 12.2. The molecule has 0 saturated carbocycles. The van der Waals surface area contributed by atoms with Crippen molar-refractivity contribution < 1.29 is 9.90 Å². The van der Waals surface area contributed by atoms with Crippen LogP contribution in [0, 0.1) is 5.92 Å². The monoisotopic (exact) mass is 288 g/mol. The van der Waals surface area contributed by atoms with Crippen LogP contribution in [-0.4, -0.2) is 38.4 Å². The molecule has 0 aliphatic heterocycles. The fourth-order valence-electron chi connectivity index (χ4n) is 2.14. The first-order valence-corrected chi connectivity index (χ1v) is 6.97. The molecule has 0 saturated heterocycles. The Bertz CT molecular complexity index is 564. The Hall–Kier alpha value is -2.21. The van der Waals surface area contributed by atoms with Crippen LogP contribution >= 0.6 is 0 Å². The van der Waals surface area contributed by atoms with E-state index in [1.54, 1.807) is 30.1 Å². The number of aromatic nitrogens is 3. The van der Waals surface area contributed by atoms with Crippen molar-refractivity contribution in [2.24, 2.45) is 5.92 Å². The van der Waals surface area contributed by atoms with Crippen molar-refractivity contribution in [2.45, 2.75) is 26.4 Å². The number of benzene rings is 1. The van der Waals surface area contributed by atoms with Gasteiger partial charge in [-0.1, -0.05) is 6.92 Å². The van der Waals surface area contributed by atoms with Gasteiger partial charge in [0.1, 0.15) is 12.7 Å². The number of carbonyl (C=O) groups is 1. The van der Waals surface area contributed by atoms with Crippen LogP contribution in [-0.2, 0) is 0 Å². The first-order valence-electron chi connectivity index (χ1n) is 6.97. The van der Waals surface area contributed by atoms with Crippen molar-refractivity contribution in [3.05, 3.63) is 42.5 Å². The Balaban J connectivity index is 1.91. The number of hydrogen-bond acceptors (Lipinski definition) is 4.